The van der Waals surface area contributed by atoms with Crippen LogP contribution >= 0.6 is 0 Å². The molecule has 2 aliphatic rings. The highest BCUT2D eigenvalue weighted by molar-refractivity contribution is 5.97. The van der Waals surface area contributed by atoms with Crippen molar-refractivity contribution in [2.24, 2.45) is 0 Å². The molecule has 0 N–H and O–H groups in total. The van der Waals surface area contributed by atoms with E-state index in [1.165, 1.54) is 23.4 Å². The van der Waals surface area contributed by atoms with E-state index in [9.17, 15) is 18.4 Å². The van der Waals surface area contributed by atoms with Crippen molar-refractivity contribution in [3.05, 3.63) is 30.7 Å². The third-order valence-electron chi connectivity index (χ3n) is 4.73. The summed E-state index contributed by atoms with van der Waals surface area (Å²) in [6.45, 7) is 5.49. The molecule has 0 radical (unpaired) electrons. The van der Waals surface area contributed by atoms with Gasteiger partial charge in [0.05, 0.1) is 0 Å². The van der Waals surface area contributed by atoms with Gasteiger partial charge in [-0.2, -0.15) is 0 Å². The molecule has 2 saturated heterocycles. The molecular weight excluding hydrogens is 344 g/mol. The Morgan fingerprint density at radius 2 is 1.62 bits per heavy atom. The van der Waals surface area contributed by atoms with E-state index in [1.807, 2.05) is 4.90 Å². The van der Waals surface area contributed by atoms with Crippen LogP contribution in [0.4, 0.5) is 14.6 Å². The lowest BCUT2D eigenvalue weighted by Crippen LogP contribution is -2.49. The number of carbonyl (C=O) groups excluding carboxylic acids is 2. The number of hydrogen-bond acceptors (Lipinski definition) is 5. The summed E-state index contributed by atoms with van der Waals surface area (Å²) < 4.78 is 26.7. The van der Waals surface area contributed by atoms with Gasteiger partial charge < -0.3 is 14.7 Å². The van der Waals surface area contributed by atoms with Crippen LogP contribution in [0.2, 0.25) is 0 Å². The molecule has 2 fully saturated rings. The van der Waals surface area contributed by atoms with E-state index in [-0.39, 0.29) is 43.4 Å². The van der Waals surface area contributed by atoms with Gasteiger partial charge in [-0.3, -0.25) is 9.59 Å². The van der Waals surface area contributed by atoms with Gasteiger partial charge in [0.25, 0.3) is 11.8 Å². The van der Waals surface area contributed by atoms with Gasteiger partial charge in [-0.05, 0) is 6.08 Å². The van der Waals surface area contributed by atoms with Crippen LogP contribution in [0, 0.1) is 0 Å². The second-order valence-electron chi connectivity index (χ2n) is 6.39. The number of piperazine rings is 1. The van der Waals surface area contributed by atoms with Crippen molar-refractivity contribution in [1.82, 2.24) is 19.8 Å². The Balaban J connectivity index is 1.72. The molecule has 2 aliphatic heterocycles. The third kappa shape index (κ3) is 3.81. The number of alkyl halides is 2. The lowest BCUT2D eigenvalue weighted by molar-refractivity contribution is -0.126. The quantitative estimate of drug-likeness (QED) is 0.753. The zero-order valence-electron chi connectivity index (χ0n) is 14.4. The Labute approximate surface area is 150 Å². The van der Waals surface area contributed by atoms with Gasteiger partial charge in [-0.1, -0.05) is 6.58 Å². The van der Waals surface area contributed by atoms with Gasteiger partial charge in [0, 0.05) is 64.5 Å². The van der Waals surface area contributed by atoms with Crippen molar-refractivity contribution in [3.63, 3.8) is 0 Å². The summed E-state index contributed by atoms with van der Waals surface area (Å²) in [7, 11) is 0. The molecule has 26 heavy (non-hydrogen) atoms. The molecule has 7 nitrogen and oxygen atoms in total. The first-order chi connectivity index (χ1) is 12.4. The average molecular weight is 365 g/mol. The van der Waals surface area contributed by atoms with Gasteiger partial charge >= 0.3 is 0 Å². The summed E-state index contributed by atoms with van der Waals surface area (Å²) in [6, 6.07) is 0. The number of piperidine rings is 1. The monoisotopic (exact) mass is 365 g/mol. The molecule has 1 aromatic rings. The van der Waals surface area contributed by atoms with Crippen LogP contribution in [0.5, 0.6) is 0 Å². The summed E-state index contributed by atoms with van der Waals surface area (Å²) in [6.07, 6.45) is 3.52. The first-order valence-electron chi connectivity index (χ1n) is 8.56. The second-order valence-corrected chi connectivity index (χ2v) is 6.39. The lowest BCUT2D eigenvalue weighted by atomic mass is 10.1. The van der Waals surface area contributed by atoms with Crippen LogP contribution in [0.15, 0.2) is 25.0 Å². The highest BCUT2D eigenvalue weighted by atomic mass is 19.3. The summed E-state index contributed by atoms with van der Waals surface area (Å²) in [5, 5.41) is 0. The van der Waals surface area contributed by atoms with Gasteiger partial charge in [0.1, 0.15) is 0 Å². The van der Waals surface area contributed by atoms with Crippen molar-refractivity contribution in [3.8, 4) is 0 Å². The molecule has 0 saturated carbocycles. The van der Waals surface area contributed by atoms with Crippen LogP contribution in [-0.4, -0.2) is 76.8 Å². The second kappa shape index (κ2) is 7.35. The maximum Gasteiger partial charge on any atom is 0.276 e. The van der Waals surface area contributed by atoms with Crippen molar-refractivity contribution < 1.29 is 18.4 Å². The van der Waals surface area contributed by atoms with Gasteiger partial charge in [-0.25, -0.2) is 18.7 Å². The molecule has 0 atom stereocenters. The average Bonchev–Trinajstić information content (AvgIpc) is 2.67. The zero-order valence-corrected chi connectivity index (χ0v) is 14.4. The minimum Gasteiger partial charge on any atom is -0.351 e. The Kier molecular flexibility index (Phi) is 5.15. The first-order valence-corrected chi connectivity index (χ1v) is 8.56. The van der Waals surface area contributed by atoms with Crippen molar-refractivity contribution >= 4 is 17.6 Å². The fourth-order valence-corrected chi connectivity index (χ4v) is 3.17. The molecule has 0 aliphatic carbocycles. The smallest absolute Gasteiger partial charge is 0.276 e. The number of halogens is 2. The molecule has 9 heteroatoms. The van der Waals surface area contributed by atoms with Crippen LogP contribution < -0.4 is 4.90 Å². The van der Waals surface area contributed by atoms with Crippen molar-refractivity contribution in [1.29, 1.82) is 0 Å². The van der Waals surface area contributed by atoms with E-state index in [2.05, 4.69) is 16.5 Å². The summed E-state index contributed by atoms with van der Waals surface area (Å²) in [5.41, 5.74) is 0.168. The molecule has 3 rings (SSSR count). The number of carbonyl (C=O) groups is 2. The number of amides is 2. The summed E-state index contributed by atoms with van der Waals surface area (Å²) in [5.74, 6) is -2.79. The highest BCUT2D eigenvalue weighted by Crippen LogP contribution is 2.29. The fourth-order valence-electron chi connectivity index (χ4n) is 3.17. The molecular formula is C17H21F2N5O2. The Hall–Kier alpha value is -2.58. The standard InChI is InChI=1S/C17H21F2N5O2/c1-2-13(25)22-9-11-23(12-10-22)15-14(20-5-6-21-15)16(26)24-7-3-17(18,19)4-8-24/h2,5-6H,1,3-4,7-12H2. The minimum atomic E-state index is -2.71. The van der Waals surface area contributed by atoms with Gasteiger partial charge in [-0.15, -0.1) is 0 Å². The van der Waals surface area contributed by atoms with Crippen LogP contribution in [0.1, 0.15) is 23.3 Å². The molecule has 0 spiro atoms. The number of aromatic nitrogens is 2. The molecule has 140 valence electrons. The molecule has 0 aromatic carbocycles. The van der Waals surface area contributed by atoms with Crippen LogP contribution in [-0.2, 0) is 4.79 Å². The lowest BCUT2D eigenvalue weighted by Gasteiger charge is -2.36. The maximum atomic E-state index is 13.3. The number of hydrogen-bond donors (Lipinski definition) is 0. The zero-order chi connectivity index (χ0) is 18.7. The van der Waals surface area contributed by atoms with E-state index in [0.29, 0.717) is 32.0 Å². The molecule has 0 bridgehead atoms. The molecule has 1 aromatic heterocycles. The fraction of sp³-hybridized carbons (Fsp3) is 0.529. The van der Waals surface area contributed by atoms with E-state index >= 15 is 0 Å². The van der Waals surface area contributed by atoms with E-state index < -0.39 is 5.92 Å². The van der Waals surface area contributed by atoms with Crippen LogP contribution in [0.25, 0.3) is 0 Å². The summed E-state index contributed by atoms with van der Waals surface area (Å²) >= 11 is 0. The van der Waals surface area contributed by atoms with Crippen LogP contribution in [0.3, 0.4) is 0 Å². The van der Waals surface area contributed by atoms with E-state index in [1.54, 1.807) is 4.90 Å². The first kappa shape index (κ1) is 18.2. The topological polar surface area (TPSA) is 69.6 Å². The third-order valence-corrected chi connectivity index (χ3v) is 4.73. The van der Waals surface area contributed by atoms with E-state index in [4.69, 9.17) is 0 Å². The van der Waals surface area contributed by atoms with Gasteiger partial charge in [0.2, 0.25) is 5.91 Å². The Morgan fingerprint density at radius 1 is 1.00 bits per heavy atom. The molecule has 2 amide bonds. The normalized spacial score (nSPS) is 20.0. The van der Waals surface area contributed by atoms with E-state index in [0.717, 1.165) is 0 Å². The Morgan fingerprint density at radius 3 is 2.23 bits per heavy atom. The van der Waals surface area contributed by atoms with Gasteiger partial charge in [0.15, 0.2) is 11.5 Å². The Bertz CT molecular complexity index is 694. The SMILES string of the molecule is C=CC(=O)N1CCN(c2nccnc2C(=O)N2CCC(F)(F)CC2)CC1. The molecule has 3 heterocycles. The predicted octanol–water partition coefficient (Wildman–Crippen LogP) is 1.18. The number of rotatable bonds is 3. The highest BCUT2D eigenvalue weighted by Gasteiger charge is 2.37. The number of likely N-dealkylation sites (tertiary alicyclic amines) is 1. The number of nitrogens with zero attached hydrogens (tertiary/aromatic N) is 5. The van der Waals surface area contributed by atoms with Crippen molar-refractivity contribution in [2.75, 3.05) is 44.2 Å². The predicted molar refractivity (Wildman–Crippen MR) is 91.1 cm³/mol. The maximum absolute atomic E-state index is 13.3. The van der Waals surface area contributed by atoms with Crippen molar-refractivity contribution in [2.45, 2.75) is 18.8 Å². The largest absolute Gasteiger partial charge is 0.351 e. The number of anilines is 1. The summed E-state index contributed by atoms with van der Waals surface area (Å²) in [4.78, 5) is 37.9. The molecule has 0 unspecified atom stereocenters. The minimum absolute atomic E-state index is 0.00343.